The summed E-state index contributed by atoms with van der Waals surface area (Å²) in [5.41, 5.74) is 7.07. The molecule has 148 valence electrons. The van der Waals surface area contributed by atoms with E-state index in [2.05, 4.69) is 4.90 Å². The monoisotopic (exact) mass is 405 g/mol. The minimum absolute atomic E-state index is 0. The maximum atomic E-state index is 13.0. The Morgan fingerprint density at radius 2 is 1.58 bits per heavy atom. The number of hydrogen-bond donors (Lipinski definition) is 1. The van der Waals surface area contributed by atoms with Crippen LogP contribution in [0, 0.1) is 11.2 Å². The Morgan fingerprint density at radius 3 is 2.12 bits per heavy atom. The van der Waals surface area contributed by atoms with Crippen molar-refractivity contribution in [2.45, 2.75) is 38.5 Å². The van der Waals surface area contributed by atoms with Crippen molar-refractivity contribution in [2.75, 3.05) is 37.6 Å². The van der Waals surface area contributed by atoms with E-state index in [9.17, 15) is 9.18 Å². The fraction of sp³-hybridized carbons (Fsp3) is 0.632. The van der Waals surface area contributed by atoms with Crippen LogP contribution in [0.3, 0.4) is 0 Å². The first-order chi connectivity index (χ1) is 11.6. The van der Waals surface area contributed by atoms with E-state index in [0.29, 0.717) is 13.0 Å². The largest absolute Gasteiger partial charge is 0.368 e. The van der Waals surface area contributed by atoms with Gasteiger partial charge in [-0.15, -0.1) is 24.8 Å². The molecule has 7 heteroatoms. The average Bonchev–Trinajstić information content (AvgIpc) is 2.63. The second-order valence-corrected chi connectivity index (χ2v) is 7.29. The van der Waals surface area contributed by atoms with Gasteiger partial charge in [-0.3, -0.25) is 4.79 Å². The van der Waals surface area contributed by atoms with Crippen molar-refractivity contribution in [1.29, 1.82) is 0 Å². The molecule has 1 aliphatic heterocycles. The fourth-order valence-electron chi connectivity index (χ4n) is 4.05. The Labute approximate surface area is 168 Å². The van der Waals surface area contributed by atoms with E-state index in [1.165, 1.54) is 31.4 Å². The first-order valence-electron chi connectivity index (χ1n) is 9.10. The summed E-state index contributed by atoms with van der Waals surface area (Å²) in [5, 5.41) is 0. The van der Waals surface area contributed by atoms with Crippen LogP contribution in [0.15, 0.2) is 24.3 Å². The first kappa shape index (κ1) is 23.0. The van der Waals surface area contributed by atoms with Gasteiger partial charge in [-0.05, 0) is 49.1 Å². The Bertz CT molecular complexity index is 556. The SMILES string of the molecule is Cl.Cl.NCC1(CC(=O)N2CCN(c3ccc(F)cc3)CC2)CCCCC1. The molecule has 2 fully saturated rings. The summed E-state index contributed by atoms with van der Waals surface area (Å²) in [4.78, 5) is 16.9. The maximum Gasteiger partial charge on any atom is 0.223 e. The maximum absolute atomic E-state index is 13.0. The van der Waals surface area contributed by atoms with Crippen LogP contribution in [0.2, 0.25) is 0 Å². The average molecular weight is 406 g/mol. The zero-order chi connectivity index (χ0) is 17.0. The molecule has 2 N–H and O–H groups in total. The van der Waals surface area contributed by atoms with Gasteiger partial charge in [0.1, 0.15) is 5.82 Å². The smallest absolute Gasteiger partial charge is 0.223 e. The molecule has 1 amide bonds. The molecule has 2 aliphatic rings. The van der Waals surface area contributed by atoms with Gasteiger partial charge in [0.15, 0.2) is 0 Å². The van der Waals surface area contributed by atoms with Gasteiger partial charge in [-0.25, -0.2) is 4.39 Å². The van der Waals surface area contributed by atoms with Crippen LogP contribution in [-0.2, 0) is 4.79 Å². The third-order valence-electron chi connectivity index (χ3n) is 5.70. The molecule has 1 saturated carbocycles. The first-order valence-corrected chi connectivity index (χ1v) is 9.10. The van der Waals surface area contributed by atoms with Gasteiger partial charge < -0.3 is 15.5 Å². The predicted octanol–water partition coefficient (Wildman–Crippen LogP) is 3.62. The second kappa shape index (κ2) is 10.3. The van der Waals surface area contributed by atoms with Crippen molar-refractivity contribution in [3.05, 3.63) is 30.1 Å². The molecule has 1 aromatic carbocycles. The van der Waals surface area contributed by atoms with Crippen molar-refractivity contribution >= 4 is 36.4 Å². The number of carbonyl (C=O) groups excluding carboxylic acids is 1. The minimum Gasteiger partial charge on any atom is -0.368 e. The van der Waals surface area contributed by atoms with Crippen LogP contribution < -0.4 is 10.6 Å². The predicted molar refractivity (Wildman–Crippen MR) is 109 cm³/mol. The van der Waals surface area contributed by atoms with Crippen molar-refractivity contribution in [2.24, 2.45) is 11.1 Å². The number of hydrogen-bond acceptors (Lipinski definition) is 3. The lowest BCUT2D eigenvalue weighted by molar-refractivity contribution is -0.134. The molecule has 0 atom stereocenters. The number of rotatable bonds is 4. The minimum atomic E-state index is -0.216. The summed E-state index contributed by atoms with van der Waals surface area (Å²) in [5.74, 6) is 0.0354. The molecule has 1 aromatic rings. The van der Waals surface area contributed by atoms with E-state index >= 15 is 0 Å². The summed E-state index contributed by atoms with van der Waals surface area (Å²) >= 11 is 0. The summed E-state index contributed by atoms with van der Waals surface area (Å²) in [6, 6.07) is 6.58. The molecule has 0 aromatic heterocycles. The number of amides is 1. The van der Waals surface area contributed by atoms with Gasteiger partial charge in [0.2, 0.25) is 5.91 Å². The van der Waals surface area contributed by atoms with Crippen LogP contribution in [0.5, 0.6) is 0 Å². The van der Waals surface area contributed by atoms with Crippen LogP contribution in [-0.4, -0.2) is 43.5 Å². The van der Waals surface area contributed by atoms with Crippen molar-refractivity contribution in [3.63, 3.8) is 0 Å². The van der Waals surface area contributed by atoms with Gasteiger partial charge in [0.25, 0.3) is 0 Å². The Morgan fingerprint density at radius 1 is 1.00 bits per heavy atom. The molecule has 26 heavy (non-hydrogen) atoms. The van der Waals surface area contributed by atoms with Crippen molar-refractivity contribution in [1.82, 2.24) is 4.90 Å². The fourth-order valence-corrected chi connectivity index (χ4v) is 4.05. The highest BCUT2D eigenvalue weighted by Crippen LogP contribution is 2.38. The molecule has 0 spiro atoms. The number of carbonyl (C=O) groups is 1. The standard InChI is InChI=1S/C19H28FN3O.2ClH/c20-16-4-6-17(7-5-16)22-10-12-23(13-11-22)18(24)14-19(15-21)8-2-1-3-9-19;;/h4-7H,1-3,8-15,21H2;2*1H. The highest BCUT2D eigenvalue weighted by molar-refractivity contribution is 5.85. The van der Waals surface area contributed by atoms with E-state index in [4.69, 9.17) is 5.73 Å². The summed E-state index contributed by atoms with van der Waals surface area (Å²) in [6.07, 6.45) is 6.44. The molecule has 1 aliphatic carbocycles. The van der Waals surface area contributed by atoms with Crippen LogP contribution in [0.1, 0.15) is 38.5 Å². The van der Waals surface area contributed by atoms with E-state index in [1.807, 2.05) is 4.90 Å². The van der Waals surface area contributed by atoms with Crippen LogP contribution >= 0.6 is 24.8 Å². The quantitative estimate of drug-likeness (QED) is 0.831. The number of nitrogens with zero attached hydrogens (tertiary/aromatic N) is 2. The zero-order valence-electron chi connectivity index (χ0n) is 15.2. The number of halogens is 3. The second-order valence-electron chi connectivity index (χ2n) is 7.29. The number of piperazine rings is 1. The van der Waals surface area contributed by atoms with E-state index in [0.717, 1.165) is 44.7 Å². The van der Waals surface area contributed by atoms with Gasteiger partial charge in [0, 0.05) is 38.3 Å². The Hall–Kier alpha value is -1.04. The molecule has 4 nitrogen and oxygen atoms in total. The Kier molecular flexibility index (Phi) is 9.14. The van der Waals surface area contributed by atoms with Gasteiger partial charge in [0.05, 0.1) is 0 Å². The summed E-state index contributed by atoms with van der Waals surface area (Å²) in [6.45, 7) is 3.68. The molecule has 0 bridgehead atoms. The highest BCUT2D eigenvalue weighted by atomic mass is 35.5. The number of anilines is 1. The Balaban J connectivity index is 0.00000169. The van der Waals surface area contributed by atoms with Crippen molar-refractivity contribution < 1.29 is 9.18 Å². The lowest BCUT2D eigenvalue weighted by Crippen LogP contribution is -2.50. The number of nitrogens with two attached hydrogens (primary N) is 1. The van der Waals surface area contributed by atoms with E-state index in [-0.39, 0.29) is 42.0 Å². The van der Waals surface area contributed by atoms with E-state index in [1.54, 1.807) is 12.1 Å². The molecule has 0 radical (unpaired) electrons. The molecular formula is C19H30Cl2FN3O. The lowest BCUT2D eigenvalue weighted by atomic mass is 9.71. The summed E-state index contributed by atoms with van der Waals surface area (Å²) in [7, 11) is 0. The molecule has 1 heterocycles. The summed E-state index contributed by atoms with van der Waals surface area (Å²) < 4.78 is 13.0. The third-order valence-corrected chi connectivity index (χ3v) is 5.70. The van der Waals surface area contributed by atoms with Gasteiger partial charge in [-0.2, -0.15) is 0 Å². The van der Waals surface area contributed by atoms with Crippen LogP contribution in [0.4, 0.5) is 10.1 Å². The lowest BCUT2D eigenvalue weighted by Gasteiger charge is -2.40. The zero-order valence-corrected chi connectivity index (χ0v) is 16.8. The van der Waals surface area contributed by atoms with Gasteiger partial charge in [-0.1, -0.05) is 19.3 Å². The molecule has 0 unspecified atom stereocenters. The molecule has 3 rings (SSSR count). The third kappa shape index (κ3) is 5.48. The van der Waals surface area contributed by atoms with Crippen LogP contribution in [0.25, 0.3) is 0 Å². The van der Waals surface area contributed by atoms with E-state index < -0.39 is 0 Å². The van der Waals surface area contributed by atoms with Crippen molar-refractivity contribution in [3.8, 4) is 0 Å². The molecular weight excluding hydrogens is 376 g/mol. The molecule has 1 saturated heterocycles. The highest BCUT2D eigenvalue weighted by Gasteiger charge is 2.35. The van der Waals surface area contributed by atoms with Gasteiger partial charge >= 0.3 is 0 Å². The normalized spacial score (nSPS) is 19.3. The number of benzene rings is 1. The topological polar surface area (TPSA) is 49.6 Å².